The Kier molecular flexibility index (Phi) is 4.42. The Morgan fingerprint density at radius 3 is 3.00 bits per heavy atom. The molecule has 3 aromatic heterocycles. The van der Waals surface area contributed by atoms with Crippen LogP contribution in [-0.4, -0.2) is 31.2 Å². The standard InChI is InChI=1S/C18H16N4OS2/c1-11(17(23)14-10-19-15-7-3-2-6-13(14)15)25-18-20-16(21-22-18)9-12-5-4-8-24-12/h2-8,10-11,19H,9H2,1H3,(H,20,21,22)/t11-/m1/s1. The van der Waals surface area contributed by atoms with Crippen molar-refractivity contribution < 1.29 is 4.79 Å². The van der Waals surface area contributed by atoms with Crippen molar-refractivity contribution in [1.29, 1.82) is 0 Å². The number of nitrogens with zero attached hydrogens (tertiary/aromatic N) is 2. The van der Waals surface area contributed by atoms with Crippen molar-refractivity contribution >= 4 is 39.8 Å². The van der Waals surface area contributed by atoms with Crippen LogP contribution < -0.4 is 0 Å². The van der Waals surface area contributed by atoms with Crippen LogP contribution in [0.1, 0.15) is 28.0 Å². The molecule has 7 heteroatoms. The van der Waals surface area contributed by atoms with Gasteiger partial charge in [-0.3, -0.25) is 9.89 Å². The molecule has 0 unspecified atom stereocenters. The number of thiophene rings is 1. The van der Waals surface area contributed by atoms with Crippen LogP contribution in [-0.2, 0) is 6.42 Å². The first-order valence-corrected chi connectivity index (χ1v) is 9.67. The fraction of sp³-hybridized carbons (Fsp3) is 0.167. The minimum atomic E-state index is -0.260. The summed E-state index contributed by atoms with van der Waals surface area (Å²) < 4.78 is 0. The maximum absolute atomic E-state index is 12.8. The van der Waals surface area contributed by atoms with Crippen LogP contribution in [0.25, 0.3) is 10.9 Å². The maximum Gasteiger partial charge on any atom is 0.209 e. The van der Waals surface area contributed by atoms with Gasteiger partial charge in [0.15, 0.2) is 5.78 Å². The number of aromatic nitrogens is 4. The number of nitrogens with one attached hydrogen (secondary N) is 2. The zero-order chi connectivity index (χ0) is 17.2. The number of rotatable bonds is 6. The molecule has 4 rings (SSSR count). The molecule has 0 aliphatic rings. The highest BCUT2D eigenvalue weighted by atomic mass is 32.2. The lowest BCUT2D eigenvalue weighted by atomic mass is 10.1. The number of hydrogen-bond acceptors (Lipinski definition) is 5. The van der Waals surface area contributed by atoms with Crippen LogP contribution >= 0.6 is 23.1 Å². The second-order valence-corrected chi connectivity index (χ2v) is 8.03. The first-order chi connectivity index (χ1) is 12.2. The number of carbonyl (C=O) groups excluding carboxylic acids is 1. The maximum atomic E-state index is 12.8. The van der Waals surface area contributed by atoms with E-state index in [1.54, 1.807) is 17.5 Å². The van der Waals surface area contributed by atoms with Crippen molar-refractivity contribution in [3.05, 3.63) is 64.2 Å². The van der Waals surface area contributed by atoms with Crippen molar-refractivity contribution in [3.63, 3.8) is 0 Å². The van der Waals surface area contributed by atoms with Gasteiger partial charge in [0, 0.05) is 34.0 Å². The average molecular weight is 368 g/mol. The molecule has 5 nitrogen and oxygen atoms in total. The van der Waals surface area contributed by atoms with Crippen molar-refractivity contribution in [2.75, 3.05) is 0 Å². The molecule has 0 amide bonds. The van der Waals surface area contributed by atoms with Gasteiger partial charge in [-0.2, -0.15) is 0 Å². The van der Waals surface area contributed by atoms with E-state index in [2.05, 4.69) is 26.2 Å². The monoisotopic (exact) mass is 368 g/mol. The van der Waals surface area contributed by atoms with E-state index in [-0.39, 0.29) is 11.0 Å². The predicted molar refractivity (Wildman–Crippen MR) is 101 cm³/mol. The van der Waals surface area contributed by atoms with Gasteiger partial charge in [0.05, 0.1) is 5.25 Å². The van der Waals surface area contributed by atoms with Gasteiger partial charge in [-0.25, -0.2) is 4.98 Å². The van der Waals surface area contributed by atoms with Gasteiger partial charge < -0.3 is 4.98 Å². The number of para-hydroxylation sites is 1. The van der Waals surface area contributed by atoms with Gasteiger partial charge in [0.25, 0.3) is 0 Å². The van der Waals surface area contributed by atoms with Crippen LogP contribution in [0.3, 0.4) is 0 Å². The number of fused-ring (bicyclic) bond motifs is 1. The topological polar surface area (TPSA) is 74.4 Å². The average Bonchev–Trinajstić information content (AvgIpc) is 3.35. The van der Waals surface area contributed by atoms with Crippen LogP contribution in [0.15, 0.2) is 53.1 Å². The van der Waals surface area contributed by atoms with Gasteiger partial charge in [0.2, 0.25) is 5.16 Å². The minimum Gasteiger partial charge on any atom is -0.360 e. The number of Topliss-reactive ketones (excluding diaryl/α,β-unsaturated/α-hetero) is 1. The van der Waals surface area contributed by atoms with Gasteiger partial charge in [-0.05, 0) is 24.4 Å². The summed E-state index contributed by atoms with van der Waals surface area (Å²) in [6, 6.07) is 11.9. The Morgan fingerprint density at radius 2 is 2.16 bits per heavy atom. The quantitative estimate of drug-likeness (QED) is 0.393. The number of thioether (sulfide) groups is 1. The molecule has 25 heavy (non-hydrogen) atoms. The minimum absolute atomic E-state index is 0.0760. The molecule has 0 aliphatic carbocycles. The third-order valence-electron chi connectivity index (χ3n) is 3.94. The summed E-state index contributed by atoms with van der Waals surface area (Å²) >= 11 is 3.07. The molecule has 4 aromatic rings. The van der Waals surface area contributed by atoms with Crippen molar-refractivity contribution in [2.24, 2.45) is 0 Å². The van der Waals surface area contributed by atoms with Gasteiger partial charge in [0.1, 0.15) is 5.82 Å². The molecule has 0 spiro atoms. The fourth-order valence-electron chi connectivity index (χ4n) is 2.69. The lowest BCUT2D eigenvalue weighted by Crippen LogP contribution is -2.13. The number of benzene rings is 1. The highest BCUT2D eigenvalue weighted by molar-refractivity contribution is 8.00. The molecule has 0 saturated carbocycles. The number of ketones is 1. The van der Waals surface area contributed by atoms with Crippen LogP contribution in [0.4, 0.5) is 0 Å². The zero-order valence-electron chi connectivity index (χ0n) is 13.5. The van der Waals surface area contributed by atoms with E-state index in [1.165, 1.54) is 16.6 Å². The second kappa shape index (κ2) is 6.85. The largest absolute Gasteiger partial charge is 0.360 e. The summed E-state index contributed by atoms with van der Waals surface area (Å²) in [5.41, 5.74) is 1.68. The van der Waals surface area contributed by atoms with Crippen LogP contribution in [0, 0.1) is 0 Å². The highest BCUT2D eigenvalue weighted by Crippen LogP contribution is 2.26. The Labute approximate surface area is 152 Å². The predicted octanol–water partition coefficient (Wildman–Crippen LogP) is 4.30. The van der Waals surface area contributed by atoms with Gasteiger partial charge in [-0.1, -0.05) is 36.0 Å². The summed E-state index contributed by atoms with van der Waals surface area (Å²) in [5, 5.41) is 10.5. The summed E-state index contributed by atoms with van der Waals surface area (Å²) in [4.78, 5) is 21.7. The summed E-state index contributed by atoms with van der Waals surface area (Å²) in [6.45, 7) is 1.89. The number of H-pyrrole nitrogens is 2. The lowest BCUT2D eigenvalue weighted by Gasteiger charge is -2.06. The van der Waals surface area contributed by atoms with E-state index in [4.69, 9.17) is 0 Å². The van der Waals surface area contributed by atoms with Crippen LogP contribution in [0.2, 0.25) is 0 Å². The molecule has 0 fully saturated rings. The van der Waals surface area contributed by atoms with E-state index in [9.17, 15) is 4.79 Å². The van der Waals surface area contributed by atoms with Crippen molar-refractivity contribution in [3.8, 4) is 0 Å². The number of hydrogen-bond donors (Lipinski definition) is 2. The zero-order valence-corrected chi connectivity index (χ0v) is 15.2. The molecule has 0 saturated heterocycles. The molecule has 126 valence electrons. The van der Waals surface area contributed by atoms with E-state index < -0.39 is 0 Å². The summed E-state index contributed by atoms with van der Waals surface area (Å²) in [7, 11) is 0. The molecule has 0 aliphatic heterocycles. The molecule has 3 heterocycles. The Bertz CT molecular complexity index is 1000. The SMILES string of the molecule is C[C@@H](Sc1n[nH]c(Cc2cccs2)n1)C(=O)c1c[nH]c2ccccc12. The molecule has 0 bridgehead atoms. The van der Waals surface area contributed by atoms with E-state index >= 15 is 0 Å². The first-order valence-electron chi connectivity index (χ1n) is 7.91. The molecule has 1 atom stereocenters. The smallest absolute Gasteiger partial charge is 0.209 e. The molecule has 2 N–H and O–H groups in total. The van der Waals surface area contributed by atoms with Gasteiger partial charge in [-0.15, -0.1) is 16.4 Å². The molecular formula is C18H16N4OS2. The summed E-state index contributed by atoms with van der Waals surface area (Å²) in [6.07, 6.45) is 2.51. The van der Waals surface area contributed by atoms with Crippen molar-refractivity contribution in [2.45, 2.75) is 23.8 Å². The second-order valence-electron chi connectivity index (χ2n) is 5.69. The third-order valence-corrected chi connectivity index (χ3v) is 5.78. The first kappa shape index (κ1) is 16.1. The molecule has 0 radical (unpaired) electrons. The number of aromatic amines is 2. The Hall–Kier alpha value is -2.38. The fourth-order valence-corrected chi connectivity index (χ4v) is 4.21. The lowest BCUT2D eigenvalue weighted by molar-refractivity contribution is 0.0995. The van der Waals surface area contributed by atoms with Gasteiger partial charge >= 0.3 is 0 Å². The molecule has 1 aromatic carbocycles. The Morgan fingerprint density at radius 1 is 1.28 bits per heavy atom. The van der Waals surface area contributed by atoms with E-state index in [0.29, 0.717) is 10.7 Å². The Balaban J connectivity index is 1.47. The van der Waals surface area contributed by atoms with Crippen molar-refractivity contribution in [1.82, 2.24) is 20.2 Å². The number of carbonyl (C=O) groups is 1. The summed E-state index contributed by atoms with van der Waals surface area (Å²) in [5.74, 6) is 0.892. The normalized spacial score (nSPS) is 12.5. The van der Waals surface area contributed by atoms with E-state index in [1.807, 2.05) is 42.6 Å². The molecular weight excluding hydrogens is 352 g/mol. The van der Waals surface area contributed by atoms with Crippen LogP contribution in [0.5, 0.6) is 0 Å². The third kappa shape index (κ3) is 3.38. The van der Waals surface area contributed by atoms with E-state index in [0.717, 1.165) is 23.1 Å². The highest BCUT2D eigenvalue weighted by Gasteiger charge is 2.21.